The van der Waals surface area contributed by atoms with Crippen LogP contribution in [-0.4, -0.2) is 18.7 Å². The fourth-order valence-electron chi connectivity index (χ4n) is 2.19. The lowest BCUT2D eigenvalue weighted by Crippen LogP contribution is -2.20. The van der Waals surface area contributed by atoms with Crippen LogP contribution in [0.25, 0.3) is 0 Å². The first kappa shape index (κ1) is 16.7. The average molecular weight is 310 g/mol. The zero-order valence-corrected chi connectivity index (χ0v) is 13.7. The van der Waals surface area contributed by atoms with E-state index < -0.39 is 0 Å². The summed E-state index contributed by atoms with van der Waals surface area (Å²) in [4.78, 5) is 12.3. The van der Waals surface area contributed by atoms with Crippen LogP contribution in [0, 0.1) is 5.92 Å². The zero-order chi connectivity index (χ0) is 16.7. The number of hydrogen-bond donors (Lipinski definition) is 1. The van der Waals surface area contributed by atoms with E-state index in [1.165, 1.54) is 0 Å². The summed E-state index contributed by atoms with van der Waals surface area (Å²) < 4.78 is 5.14. The second-order valence-electron chi connectivity index (χ2n) is 5.70. The summed E-state index contributed by atoms with van der Waals surface area (Å²) in [5, 5.41) is 4.34. The Morgan fingerprint density at radius 3 is 2.43 bits per heavy atom. The lowest BCUT2D eigenvalue weighted by Gasteiger charge is -2.10. The molecule has 0 aliphatic rings. The number of hydrogen-bond acceptors (Lipinski definition) is 3. The van der Waals surface area contributed by atoms with Gasteiger partial charge in [0.25, 0.3) is 5.91 Å². The summed E-state index contributed by atoms with van der Waals surface area (Å²) >= 11 is 0. The Labute approximate surface area is 137 Å². The quantitative estimate of drug-likeness (QED) is 0.650. The molecule has 2 rings (SSSR count). The Morgan fingerprint density at radius 2 is 1.78 bits per heavy atom. The van der Waals surface area contributed by atoms with E-state index in [0.717, 1.165) is 17.7 Å². The number of carbonyl (C=O) groups is 1. The van der Waals surface area contributed by atoms with Crippen molar-refractivity contribution in [1.29, 1.82) is 0 Å². The number of hydrazone groups is 1. The molecule has 0 unspecified atom stereocenters. The third-order valence-corrected chi connectivity index (χ3v) is 3.33. The van der Waals surface area contributed by atoms with Gasteiger partial charge >= 0.3 is 0 Å². The Morgan fingerprint density at radius 1 is 1.09 bits per heavy atom. The molecule has 4 nitrogen and oxygen atoms in total. The predicted molar refractivity (Wildman–Crippen MR) is 92.9 cm³/mol. The molecular weight excluding hydrogens is 288 g/mol. The van der Waals surface area contributed by atoms with Crippen LogP contribution >= 0.6 is 0 Å². The Bertz CT molecular complexity index is 679. The highest BCUT2D eigenvalue weighted by Gasteiger charge is 2.09. The number of amides is 1. The standard InChI is InChI=1S/C19H22N2O2/c1-14(2)12-18(15-8-5-4-6-9-15)20-21-19(22)16-10-7-11-17(13-16)23-3/h4-11,13-14H,12H2,1-3H3,(H,21,22). The smallest absolute Gasteiger partial charge is 0.271 e. The summed E-state index contributed by atoms with van der Waals surface area (Å²) in [6, 6.07) is 16.9. The van der Waals surface area contributed by atoms with E-state index in [9.17, 15) is 4.79 Å². The molecule has 23 heavy (non-hydrogen) atoms. The van der Waals surface area contributed by atoms with E-state index in [1.54, 1.807) is 31.4 Å². The Balaban J connectivity index is 2.17. The molecular formula is C19H22N2O2. The molecule has 0 aromatic heterocycles. The maximum atomic E-state index is 12.3. The maximum absolute atomic E-state index is 12.3. The van der Waals surface area contributed by atoms with Gasteiger partial charge in [0.15, 0.2) is 0 Å². The first-order valence-corrected chi connectivity index (χ1v) is 7.66. The van der Waals surface area contributed by atoms with Gasteiger partial charge in [0.2, 0.25) is 0 Å². The van der Waals surface area contributed by atoms with Gasteiger partial charge in [-0.3, -0.25) is 4.79 Å². The van der Waals surface area contributed by atoms with Crippen LogP contribution in [0.4, 0.5) is 0 Å². The first-order chi connectivity index (χ1) is 11.1. The van der Waals surface area contributed by atoms with Gasteiger partial charge in [-0.2, -0.15) is 5.10 Å². The number of nitrogens with one attached hydrogen (secondary N) is 1. The van der Waals surface area contributed by atoms with Crippen molar-refractivity contribution in [3.63, 3.8) is 0 Å². The lowest BCUT2D eigenvalue weighted by molar-refractivity contribution is 0.0954. The van der Waals surface area contributed by atoms with E-state index in [2.05, 4.69) is 24.4 Å². The molecule has 1 N–H and O–H groups in total. The van der Waals surface area contributed by atoms with Crippen molar-refractivity contribution in [2.75, 3.05) is 7.11 Å². The highest BCUT2D eigenvalue weighted by molar-refractivity contribution is 6.02. The molecule has 0 radical (unpaired) electrons. The number of carbonyl (C=O) groups excluding carboxylic acids is 1. The molecule has 0 spiro atoms. The molecule has 2 aromatic rings. The predicted octanol–water partition coefficient (Wildman–Crippen LogP) is 3.88. The molecule has 0 fully saturated rings. The van der Waals surface area contributed by atoms with E-state index in [0.29, 0.717) is 17.2 Å². The minimum absolute atomic E-state index is 0.249. The largest absolute Gasteiger partial charge is 0.497 e. The van der Waals surface area contributed by atoms with Gasteiger partial charge in [-0.15, -0.1) is 0 Å². The highest BCUT2D eigenvalue weighted by atomic mass is 16.5. The molecule has 0 saturated heterocycles. The highest BCUT2D eigenvalue weighted by Crippen LogP contribution is 2.13. The van der Waals surface area contributed by atoms with Gasteiger partial charge < -0.3 is 4.74 Å². The number of benzene rings is 2. The Hall–Kier alpha value is -2.62. The van der Waals surface area contributed by atoms with E-state index in [-0.39, 0.29) is 5.91 Å². The van der Waals surface area contributed by atoms with Crippen molar-refractivity contribution < 1.29 is 9.53 Å². The minimum atomic E-state index is -0.249. The molecule has 0 saturated carbocycles. The van der Waals surface area contributed by atoms with Gasteiger partial charge in [0.05, 0.1) is 12.8 Å². The average Bonchev–Trinajstić information content (AvgIpc) is 2.58. The van der Waals surface area contributed by atoms with E-state index >= 15 is 0 Å². The zero-order valence-electron chi connectivity index (χ0n) is 13.7. The van der Waals surface area contributed by atoms with Crippen LogP contribution in [0.3, 0.4) is 0 Å². The molecule has 120 valence electrons. The molecule has 0 aliphatic carbocycles. The lowest BCUT2D eigenvalue weighted by atomic mass is 10.0. The second kappa shape index (κ2) is 8.13. The van der Waals surface area contributed by atoms with Crippen LogP contribution in [0.2, 0.25) is 0 Å². The second-order valence-corrected chi connectivity index (χ2v) is 5.70. The van der Waals surface area contributed by atoms with Crippen molar-refractivity contribution in [3.05, 3.63) is 65.7 Å². The van der Waals surface area contributed by atoms with Gasteiger partial charge in [-0.05, 0) is 36.1 Å². The summed E-state index contributed by atoms with van der Waals surface area (Å²) in [6.07, 6.45) is 0.794. The van der Waals surface area contributed by atoms with Gasteiger partial charge in [-0.1, -0.05) is 50.2 Å². The van der Waals surface area contributed by atoms with Gasteiger partial charge in [-0.25, -0.2) is 5.43 Å². The van der Waals surface area contributed by atoms with Crippen molar-refractivity contribution in [2.24, 2.45) is 11.0 Å². The SMILES string of the molecule is COc1cccc(C(=O)NN=C(CC(C)C)c2ccccc2)c1. The fourth-order valence-corrected chi connectivity index (χ4v) is 2.19. The van der Waals surface area contributed by atoms with Crippen LogP contribution in [0.1, 0.15) is 36.2 Å². The monoisotopic (exact) mass is 310 g/mol. The van der Waals surface area contributed by atoms with Gasteiger partial charge in [0.1, 0.15) is 5.75 Å². The molecule has 0 aliphatic heterocycles. The van der Waals surface area contributed by atoms with Crippen LogP contribution in [0.15, 0.2) is 59.7 Å². The van der Waals surface area contributed by atoms with Crippen molar-refractivity contribution >= 4 is 11.6 Å². The molecule has 1 amide bonds. The minimum Gasteiger partial charge on any atom is -0.497 e. The summed E-state index contributed by atoms with van der Waals surface area (Å²) in [5.41, 5.74) is 5.06. The number of methoxy groups -OCH3 is 1. The number of rotatable bonds is 6. The van der Waals surface area contributed by atoms with E-state index in [1.807, 2.05) is 30.3 Å². The third kappa shape index (κ3) is 4.95. The molecule has 0 heterocycles. The third-order valence-electron chi connectivity index (χ3n) is 3.33. The van der Waals surface area contributed by atoms with Crippen molar-refractivity contribution in [3.8, 4) is 5.75 Å². The van der Waals surface area contributed by atoms with E-state index in [4.69, 9.17) is 4.74 Å². The topological polar surface area (TPSA) is 50.7 Å². The Kier molecular flexibility index (Phi) is 5.92. The van der Waals surface area contributed by atoms with Gasteiger partial charge in [0, 0.05) is 5.56 Å². The molecule has 0 bridgehead atoms. The maximum Gasteiger partial charge on any atom is 0.271 e. The number of ether oxygens (including phenoxy) is 1. The molecule has 4 heteroatoms. The van der Waals surface area contributed by atoms with Crippen LogP contribution < -0.4 is 10.2 Å². The van der Waals surface area contributed by atoms with Crippen molar-refractivity contribution in [2.45, 2.75) is 20.3 Å². The molecule has 0 atom stereocenters. The summed E-state index contributed by atoms with van der Waals surface area (Å²) in [7, 11) is 1.57. The summed E-state index contributed by atoms with van der Waals surface area (Å²) in [6.45, 7) is 4.25. The fraction of sp³-hybridized carbons (Fsp3) is 0.263. The number of nitrogens with zero attached hydrogens (tertiary/aromatic N) is 1. The van der Waals surface area contributed by atoms with Crippen LogP contribution in [0.5, 0.6) is 5.75 Å². The van der Waals surface area contributed by atoms with Crippen molar-refractivity contribution in [1.82, 2.24) is 5.43 Å². The van der Waals surface area contributed by atoms with Crippen LogP contribution in [-0.2, 0) is 0 Å². The molecule has 2 aromatic carbocycles. The summed E-state index contributed by atoms with van der Waals surface area (Å²) in [5.74, 6) is 0.843. The normalized spacial score (nSPS) is 11.4. The first-order valence-electron chi connectivity index (χ1n) is 7.66.